The van der Waals surface area contributed by atoms with E-state index >= 15 is 0 Å². The van der Waals surface area contributed by atoms with Crippen molar-refractivity contribution in [1.29, 1.82) is 0 Å². The SMILES string of the molecule is CCC(C(Cc1ccccc1)C1=COCO1)N(C)c1nc(-n2ccnc2)ns1. The Hall–Kier alpha value is -2.87. The fourth-order valence-corrected chi connectivity index (χ4v) is 4.23. The smallest absolute Gasteiger partial charge is 0.248 e. The van der Waals surface area contributed by atoms with Gasteiger partial charge in [-0.1, -0.05) is 37.3 Å². The van der Waals surface area contributed by atoms with Crippen LogP contribution in [0.5, 0.6) is 0 Å². The zero-order valence-corrected chi connectivity index (χ0v) is 16.7. The number of hydrogen-bond acceptors (Lipinski definition) is 7. The summed E-state index contributed by atoms with van der Waals surface area (Å²) in [5.74, 6) is 1.68. The van der Waals surface area contributed by atoms with Crippen LogP contribution in [0.1, 0.15) is 18.9 Å². The Morgan fingerprint density at radius 3 is 2.82 bits per heavy atom. The van der Waals surface area contributed by atoms with E-state index in [0.29, 0.717) is 5.95 Å². The van der Waals surface area contributed by atoms with Gasteiger partial charge in [-0.15, -0.1) is 0 Å². The van der Waals surface area contributed by atoms with Crippen LogP contribution in [-0.4, -0.2) is 38.8 Å². The minimum absolute atomic E-state index is 0.153. The molecule has 8 heteroatoms. The number of hydrogen-bond donors (Lipinski definition) is 0. The summed E-state index contributed by atoms with van der Waals surface area (Å²) in [5, 5.41) is 0.869. The number of rotatable bonds is 8. The van der Waals surface area contributed by atoms with Crippen LogP contribution >= 0.6 is 11.5 Å². The number of nitrogens with zero attached hydrogens (tertiary/aromatic N) is 5. The highest BCUT2D eigenvalue weighted by Gasteiger charge is 2.32. The Balaban J connectivity index is 1.60. The quantitative estimate of drug-likeness (QED) is 0.578. The lowest BCUT2D eigenvalue weighted by Gasteiger charge is -2.33. The van der Waals surface area contributed by atoms with E-state index in [0.717, 1.165) is 23.7 Å². The molecule has 1 aliphatic heterocycles. The molecule has 0 radical (unpaired) electrons. The van der Waals surface area contributed by atoms with Gasteiger partial charge in [-0.3, -0.25) is 4.57 Å². The average Bonchev–Trinajstić information content (AvgIpc) is 3.50. The molecule has 2 atom stereocenters. The predicted molar refractivity (Wildman–Crippen MR) is 108 cm³/mol. The normalized spacial score (nSPS) is 15.4. The van der Waals surface area contributed by atoms with Crippen LogP contribution < -0.4 is 4.90 Å². The monoisotopic (exact) mass is 397 g/mol. The standard InChI is InChI=1S/C20H23N5O2S/c1-3-17(24(2)20-22-19(23-28-20)25-10-9-21-13-25)16(18-12-26-14-27-18)11-15-7-5-4-6-8-15/h4-10,12-13,16-17H,3,11,14H2,1-2H3. The molecule has 28 heavy (non-hydrogen) atoms. The first-order valence-corrected chi connectivity index (χ1v) is 10.1. The van der Waals surface area contributed by atoms with Gasteiger partial charge in [0.2, 0.25) is 17.9 Å². The van der Waals surface area contributed by atoms with Gasteiger partial charge >= 0.3 is 0 Å². The summed E-state index contributed by atoms with van der Waals surface area (Å²) < 4.78 is 17.4. The van der Waals surface area contributed by atoms with Crippen molar-refractivity contribution in [3.8, 4) is 5.95 Å². The maximum atomic E-state index is 5.79. The lowest BCUT2D eigenvalue weighted by atomic mass is 9.88. The second-order valence-corrected chi connectivity index (χ2v) is 7.41. The largest absolute Gasteiger partial charge is 0.462 e. The van der Waals surface area contributed by atoms with Gasteiger partial charge in [0.05, 0.1) is 0 Å². The van der Waals surface area contributed by atoms with Gasteiger partial charge in [0, 0.05) is 42.9 Å². The van der Waals surface area contributed by atoms with Gasteiger partial charge in [-0.25, -0.2) is 4.98 Å². The van der Waals surface area contributed by atoms with Crippen LogP contribution in [0.3, 0.4) is 0 Å². The van der Waals surface area contributed by atoms with E-state index in [1.165, 1.54) is 17.1 Å². The highest BCUT2D eigenvalue weighted by Crippen LogP contribution is 2.32. The summed E-state index contributed by atoms with van der Waals surface area (Å²) in [7, 11) is 2.07. The molecule has 3 aromatic rings. The molecular weight excluding hydrogens is 374 g/mol. The van der Waals surface area contributed by atoms with Crippen molar-refractivity contribution in [3.05, 3.63) is 66.6 Å². The lowest BCUT2D eigenvalue weighted by Crippen LogP contribution is -2.39. The van der Waals surface area contributed by atoms with E-state index in [2.05, 4.69) is 52.5 Å². The number of anilines is 1. The second kappa shape index (κ2) is 8.43. The molecule has 4 rings (SSSR count). The molecule has 1 aromatic carbocycles. The zero-order chi connectivity index (χ0) is 19.3. The summed E-state index contributed by atoms with van der Waals surface area (Å²) in [5.41, 5.74) is 1.27. The van der Waals surface area contributed by atoms with Crippen molar-refractivity contribution in [2.45, 2.75) is 25.8 Å². The van der Waals surface area contributed by atoms with E-state index in [9.17, 15) is 0 Å². The van der Waals surface area contributed by atoms with Gasteiger partial charge in [0.15, 0.2) is 0 Å². The molecule has 3 heterocycles. The van der Waals surface area contributed by atoms with Gasteiger partial charge < -0.3 is 14.4 Å². The van der Waals surface area contributed by atoms with E-state index < -0.39 is 0 Å². The Bertz CT molecular complexity index is 910. The van der Waals surface area contributed by atoms with E-state index in [1.807, 2.05) is 16.8 Å². The van der Waals surface area contributed by atoms with Gasteiger partial charge in [0.1, 0.15) is 18.3 Å². The number of benzene rings is 1. The number of aromatic nitrogens is 4. The van der Waals surface area contributed by atoms with Crippen LogP contribution in [0, 0.1) is 5.92 Å². The predicted octanol–water partition coefficient (Wildman–Crippen LogP) is 3.64. The highest BCUT2D eigenvalue weighted by atomic mass is 32.1. The van der Waals surface area contributed by atoms with Crippen molar-refractivity contribution in [2.24, 2.45) is 5.92 Å². The van der Waals surface area contributed by atoms with Gasteiger partial charge in [0.25, 0.3) is 0 Å². The topological polar surface area (TPSA) is 65.3 Å². The first kappa shape index (κ1) is 18.5. The molecule has 7 nitrogen and oxygen atoms in total. The molecule has 0 spiro atoms. The summed E-state index contributed by atoms with van der Waals surface area (Å²) in [6.45, 7) is 2.47. The molecule has 146 valence electrons. The summed E-state index contributed by atoms with van der Waals surface area (Å²) >= 11 is 1.39. The van der Waals surface area contributed by atoms with Crippen LogP contribution in [0.15, 0.2) is 61.1 Å². The third kappa shape index (κ3) is 3.87. The number of ether oxygens (including phenoxy) is 2. The third-order valence-electron chi connectivity index (χ3n) is 4.98. The minimum Gasteiger partial charge on any atom is -0.462 e. The molecular formula is C20H23N5O2S. The van der Waals surface area contributed by atoms with E-state index in [-0.39, 0.29) is 18.8 Å². The summed E-state index contributed by atoms with van der Waals surface area (Å²) in [6.07, 6.45) is 8.83. The Kier molecular flexibility index (Phi) is 5.57. The van der Waals surface area contributed by atoms with E-state index in [1.54, 1.807) is 18.8 Å². The summed E-state index contributed by atoms with van der Waals surface area (Å²) in [4.78, 5) is 11.0. The van der Waals surface area contributed by atoms with Crippen molar-refractivity contribution < 1.29 is 9.47 Å². The molecule has 1 aliphatic rings. The molecule has 0 fully saturated rings. The molecule has 0 saturated heterocycles. The molecule has 0 amide bonds. The maximum Gasteiger partial charge on any atom is 0.248 e. The Labute approximate surface area is 168 Å². The zero-order valence-electron chi connectivity index (χ0n) is 15.9. The van der Waals surface area contributed by atoms with Crippen molar-refractivity contribution in [2.75, 3.05) is 18.7 Å². The molecule has 0 saturated carbocycles. The van der Waals surface area contributed by atoms with Crippen molar-refractivity contribution >= 4 is 16.7 Å². The first-order chi connectivity index (χ1) is 13.8. The van der Waals surface area contributed by atoms with Gasteiger partial charge in [-0.05, 0) is 18.4 Å². The van der Waals surface area contributed by atoms with Crippen LogP contribution in [0.25, 0.3) is 5.95 Å². The van der Waals surface area contributed by atoms with E-state index in [4.69, 9.17) is 14.5 Å². The second-order valence-electron chi connectivity index (χ2n) is 6.68. The van der Waals surface area contributed by atoms with Gasteiger partial charge in [-0.2, -0.15) is 9.36 Å². The van der Waals surface area contributed by atoms with Crippen LogP contribution in [-0.2, 0) is 15.9 Å². The molecule has 2 unspecified atom stereocenters. The fourth-order valence-electron chi connectivity index (χ4n) is 3.54. The lowest BCUT2D eigenvalue weighted by molar-refractivity contribution is 0.0678. The average molecular weight is 398 g/mol. The number of imidazole rings is 1. The van der Waals surface area contributed by atoms with Crippen LogP contribution in [0.4, 0.5) is 5.13 Å². The first-order valence-electron chi connectivity index (χ1n) is 9.29. The molecule has 0 bridgehead atoms. The van der Waals surface area contributed by atoms with Crippen LogP contribution in [0.2, 0.25) is 0 Å². The molecule has 0 N–H and O–H groups in total. The Morgan fingerprint density at radius 1 is 1.29 bits per heavy atom. The minimum atomic E-state index is 0.153. The fraction of sp³-hybridized carbons (Fsp3) is 0.350. The molecule has 2 aromatic heterocycles. The van der Waals surface area contributed by atoms with Crippen molar-refractivity contribution in [1.82, 2.24) is 18.9 Å². The highest BCUT2D eigenvalue weighted by molar-refractivity contribution is 7.09. The maximum absolute atomic E-state index is 5.79. The Morgan fingerprint density at radius 2 is 2.14 bits per heavy atom. The molecule has 0 aliphatic carbocycles. The van der Waals surface area contributed by atoms with Crippen molar-refractivity contribution in [3.63, 3.8) is 0 Å². The third-order valence-corrected chi connectivity index (χ3v) is 5.78. The summed E-state index contributed by atoms with van der Waals surface area (Å²) in [6, 6.07) is 10.7.